The smallest absolute Gasteiger partial charge is 0.0349 e. The van der Waals surface area contributed by atoms with Gasteiger partial charge in [-0.25, -0.2) is 0 Å². The van der Waals surface area contributed by atoms with Gasteiger partial charge in [0.2, 0.25) is 0 Å². The van der Waals surface area contributed by atoms with Gasteiger partial charge in [-0.3, -0.25) is 0 Å². The Kier molecular flexibility index (Phi) is 3.55. The van der Waals surface area contributed by atoms with Crippen molar-refractivity contribution in [2.75, 3.05) is 0 Å². The van der Waals surface area contributed by atoms with Crippen molar-refractivity contribution >= 4 is 21.4 Å². The third-order valence-corrected chi connectivity index (χ3v) is 4.13. The van der Waals surface area contributed by atoms with Gasteiger partial charge in [0.25, 0.3) is 0 Å². The van der Waals surface area contributed by atoms with Gasteiger partial charge in [-0.05, 0) is 44.2 Å². The van der Waals surface area contributed by atoms with Crippen LogP contribution in [0.2, 0.25) is 0 Å². The van der Waals surface area contributed by atoms with E-state index in [1.165, 1.54) is 20.5 Å². The fraction of sp³-hybridized carbons (Fsp3) is 0.467. The van der Waals surface area contributed by atoms with Crippen LogP contribution in [0.5, 0.6) is 0 Å². The Morgan fingerprint density at radius 1 is 1.18 bits per heavy atom. The molecule has 0 saturated carbocycles. The van der Waals surface area contributed by atoms with Crippen molar-refractivity contribution in [3.05, 3.63) is 34.7 Å². The number of thiophene rings is 1. The zero-order valence-electron chi connectivity index (χ0n) is 11.1. The summed E-state index contributed by atoms with van der Waals surface area (Å²) in [6, 6.07) is 8.72. The maximum absolute atomic E-state index is 3.58. The summed E-state index contributed by atoms with van der Waals surface area (Å²) in [5.41, 5.74) is 1.70. The zero-order valence-corrected chi connectivity index (χ0v) is 11.9. The lowest BCUT2D eigenvalue weighted by molar-refractivity contribution is 0.426. The van der Waals surface area contributed by atoms with Crippen LogP contribution in [0.25, 0.3) is 10.1 Å². The molecule has 0 saturated heterocycles. The van der Waals surface area contributed by atoms with E-state index in [4.69, 9.17) is 0 Å². The fourth-order valence-electron chi connectivity index (χ4n) is 2.03. The number of hydrogen-bond donors (Lipinski definition) is 1. The highest BCUT2D eigenvalue weighted by Crippen LogP contribution is 2.31. The normalized spacial score (nSPS) is 12.2. The van der Waals surface area contributed by atoms with E-state index in [1.54, 1.807) is 0 Å². The van der Waals surface area contributed by atoms with Gasteiger partial charge in [0, 0.05) is 21.7 Å². The van der Waals surface area contributed by atoms with Crippen LogP contribution in [0, 0.1) is 0 Å². The van der Waals surface area contributed by atoms with E-state index in [0.717, 1.165) is 13.0 Å². The molecule has 0 amide bonds. The molecule has 2 rings (SSSR count). The van der Waals surface area contributed by atoms with Gasteiger partial charge in [-0.2, -0.15) is 0 Å². The monoisotopic (exact) mass is 247 g/mol. The first kappa shape index (κ1) is 12.6. The minimum absolute atomic E-state index is 0.182. The first-order chi connectivity index (χ1) is 8.01. The molecule has 0 aliphatic rings. The number of rotatable bonds is 3. The maximum atomic E-state index is 3.58. The molecule has 0 unspecified atom stereocenters. The maximum Gasteiger partial charge on any atom is 0.0349 e. The van der Waals surface area contributed by atoms with Gasteiger partial charge in [-0.15, -0.1) is 11.3 Å². The van der Waals surface area contributed by atoms with Gasteiger partial charge in [0.05, 0.1) is 0 Å². The van der Waals surface area contributed by atoms with Crippen LogP contribution in [0.4, 0.5) is 0 Å². The molecule has 1 aromatic heterocycles. The molecule has 0 bridgehead atoms. The summed E-state index contributed by atoms with van der Waals surface area (Å²) in [6.45, 7) is 9.87. The molecule has 0 spiro atoms. The summed E-state index contributed by atoms with van der Waals surface area (Å²) in [6.07, 6.45) is 1.12. The summed E-state index contributed by atoms with van der Waals surface area (Å²) in [5, 5.41) is 5.02. The highest BCUT2D eigenvalue weighted by molar-refractivity contribution is 7.19. The van der Waals surface area contributed by atoms with Gasteiger partial charge >= 0.3 is 0 Å². The fourth-order valence-corrected chi connectivity index (χ4v) is 3.26. The Bertz CT molecular complexity index is 505. The first-order valence-corrected chi connectivity index (χ1v) is 7.07. The molecule has 0 fully saturated rings. The van der Waals surface area contributed by atoms with Crippen molar-refractivity contribution in [2.24, 2.45) is 0 Å². The van der Waals surface area contributed by atoms with E-state index in [2.05, 4.69) is 57.3 Å². The largest absolute Gasteiger partial charge is 0.307 e. The van der Waals surface area contributed by atoms with Crippen molar-refractivity contribution in [3.8, 4) is 0 Å². The number of hydrogen-bond acceptors (Lipinski definition) is 2. The Balaban J connectivity index is 2.33. The molecule has 1 heterocycles. The SMILES string of the molecule is CCc1c(CNC(C)(C)C)sc2ccccc12. The topological polar surface area (TPSA) is 12.0 Å². The molecule has 17 heavy (non-hydrogen) atoms. The van der Waals surface area contributed by atoms with E-state index < -0.39 is 0 Å². The quantitative estimate of drug-likeness (QED) is 0.850. The lowest BCUT2D eigenvalue weighted by atomic mass is 10.1. The van der Waals surface area contributed by atoms with E-state index in [0.29, 0.717) is 0 Å². The minimum Gasteiger partial charge on any atom is -0.307 e. The van der Waals surface area contributed by atoms with Crippen molar-refractivity contribution in [1.29, 1.82) is 0 Å². The van der Waals surface area contributed by atoms with Crippen LogP contribution < -0.4 is 5.32 Å². The third kappa shape index (κ3) is 2.88. The molecule has 0 atom stereocenters. The van der Waals surface area contributed by atoms with Crippen LogP contribution in [0.3, 0.4) is 0 Å². The average molecular weight is 247 g/mol. The Morgan fingerprint density at radius 3 is 2.53 bits per heavy atom. The average Bonchev–Trinajstić information content (AvgIpc) is 2.63. The van der Waals surface area contributed by atoms with Crippen LogP contribution >= 0.6 is 11.3 Å². The van der Waals surface area contributed by atoms with Crippen LogP contribution in [-0.2, 0) is 13.0 Å². The van der Waals surface area contributed by atoms with Gasteiger partial charge in [0.15, 0.2) is 0 Å². The molecule has 1 aromatic carbocycles. The van der Waals surface area contributed by atoms with E-state index in [1.807, 2.05) is 11.3 Å². The van der Waals surface area contributed by atoms with Crippen LogP contribution in [0.1, 0.15) is 38.1 Å². The van der Waals surface area contributed by atoms with Gasteiger partial charge < -0.3 is 5.32 Å². The molecule has 1 N–H and O–H groups in total. The highest BCUT2D eigenvalue weighted by Gasteiger charge is 2.13. The molecular weight excluding hydrogens is 226 g/mol. The zero-order chi connectivity index (χ0) is 12.5. The van der Waals surface area contributed by atoms with Gasteiger partial charge in [0.1, 0.15) is 0 Å². The summed E-state index contributed by atoms with van der Waals surface area (Å²) < 4.78 is 1.41. The van der Waals surface area contributed by atoms with E-state index >= 15 is 0 Å². The summed E-state index contributed by atoms with van der Waals surface area (Å²) in [5.74, 6) is 0. The molecular formula is C15H21NS. The minimum atomic E-state index is 0.182. The van der Waals surface area contributed by atoms with Gasteiger partial charge in [-0.1, -0.05) is 25.1 Å². The molecule has 2 heteroatoms. The Morgan fingerprint density at radius 2 is 1.88 bits per heavy atom. The summed E-state index contributed by atoms with van der Waals surface area (Å²) in [7, 11) is 0. The number of aryl methyl sites for hydroxylation is 1. The molecule has 92 valence electrons. The van der Waals surface area contributed by atoms with E-state index in [-0.39, 0.29) is 5.54 Å². The van der Waals surface area contributed by atoms with Crippen molar-refractivity contribution in [3.63, 3.8) is 0 Å². The first-order valence-electron chi connectivity index (χ1n) is 6.25. The summed E-state index contributed by atoms with van der Waals surface area (Å²) >= 11 is 1.93. The highest BCUT2D eigenvalue weighted by atomic mass is 32.1. The second-order valence-corrected chi connectivity index (χ2v) is 6.59. The van der Waals surface area contributed by atoms with Crippen molar-refractivity contribution in [2.45, 2.75) is 46.2 Å². The predicted molar refractivity (Wildman–Crippen MR) is 77.8 cm³/mol. The van der Waals surface area contributed by atoms with Crippen LogP contribution in [-0.4, -0.2) is 5.54 Å². The Hall–Kier alpha value is -0.860. The second kappa shape index (κ2) is 4.79. The van der Waals surface area contributed by atoms with Crippen LogP contribution in [0.15, 0.2) is 24.3 Å². The lowest BCUT2D eigenvalue weighted by Gasteiger charge is -2.20. The Labute approximate surface area is 108 Å². The molecule has 0 aliphatic carbocycles. The molecule has 1 nitrogen and oxygen atoms in total. The second-order valence-electron chi connectivity index (χ2n) is 5.46. The van der Waals surface area contributed by atoms with Crippen molar-refractivity contribution < 1.29 is 0 Å². The number of nitrogens with one attached hydrogen (secondary N) is 1. The number of benzene rings is 1. The molecule has 0 aliphatic heterocycles. The molecule has 0 radical (unpaired) electrons. The third-order valence-electron chi connectivity index (χ3n) is 2.91. The molecule has 2 aromatic rings. The summed E-state index contributed by atoms with van der Waals surface area (Å²) in [4.78, 5) is 1.49. The van der Waals surface area contributed by atoms with Crippen molar-refractivity contribution in [1.82, 2.24) is 5.32 Å². The number of fused-ring (bicyclic) bond motifs is 1. The standard InChI is InChI=1S/C15H21NS/c1-5-11-12-8-6-7-9-13(12)17-14(11)10-16-15(2,3)4/h6-9,16H,5,10H2,1-4H3. The van der Waals surface area contributed by atoms with E-state index in [9.17, 15) is 0 Å². The lowest BCUT2D eigenvalue weighted by Crippen LogP contribution is -2.35. The predicted octanol–water partition coefficient (Wildman–Crippen LogP) is 4.35.